The highest BCUT2D eigenvalue weighted by Gasteiger charge is 2.41. The monoisotopic (exact) mass is 621 g/mol. The van der Waals surface area contributed by atoms with E-state index in [0.717, 1.165) is 14.9 Å². The highest BCUT2D eigenvalue weighted by Crippen LogP contribution is 2.46. The summed E-state index contributed by atoms with van der Waals surface area (Å²) in [6, 6.07) is 21.7. The van der Waals surface area contributed by atoms with Crippen molar-refractivity contribution < 1.29 is 23.9 Å². The molecule has 0 N–H and O–H groups in total. The SMILES string of the molecule is C=C(C(=O)OC)C(C/C(=C1/C(=O)N(C(=O)OC(C)(C)C)c2ccccc21)c1cccc(Cl)c1)c1ccccc1Br. The summed E-state index contributed by atoms with van der Waals surface area (Å²) in [6.07, 6.45) is -0.583. The minimum atomic E-state index is -0.808. The first-order valence-corrected chi connectivity index (χ1v) is 13.8. The van der Waals surface area contributed by atoms with E-state index in [4.69, 9.17) is 21.1 Å². The number of anilines is 1. The molecule has 0 saturated carbocycles. The van der Waals surface area contributed by atoms with Gasteiger partial charge in [-0.25, -0.2) is 14.5 Å². The van der Waals surface area contributed by atoms with Crippen molar-refractivity contribution in [3.8, 4) is 0 Å². The Labute approximate surface area is 247 Å². The lowest BCUT2D eigenvalue weighted by Crippen LogP contribution is -2.38. The van der Waals surface area contributed by atoms with E-state index in [1.807, 2.05) is 30.3 Å². The van der Waals surface area contributed by atoms with E-state index in [2.05, 4.69) is 22.5 Å². The molecule has 0 aromatic heterocycles. The number of hydrogen-bond donors (Lipinski definition) is 0. The van der Waals surface area contributed by atoms with Crippen molar-refractivity contribution in [3.05, 3.63) is 111 Å². The van der Waals surface area contributed by atoms with Gasteiger partial charge in [-0.15, -0.1) is 0 Å². The topological polar surface area (TPSA) is 72.9 Å². The third-order valence-corrected chi connectivity index (χ3v) is 7.40. The molecule has 0 saturated heterocycles. The van der Waals surface area contributed by atoms with Crippen LogP contribution in [0.3, 0.4) is 0 Å². The van der Waals surface area contributed by atoms with Crippen LogP contribution in [0.2, 0.25) is 5.02 Å². The number of para-hydroxylation sites is 1. The van der Waals surface area contributed by atoms with E-state index in [1.54, 1.807) is 63.2 Å². The second-order valence-corrected chi connectivity index (χ2v) is 11.6. The number of ether oxygens (including phenoxy) is 2. The Morgan fingerprint density at radius 2 is 1.70 bits per heavy atom. The molecule has 1 heterocycles. The molecule has 8 heteroatoms. The number of carbonyl (C=O) groups is 3. The molecule has 206 valence electrons. The first kappa shape index (κ1) is 29.3. The van der Waals surface area contributed by atoms with Crippen LogP contribution in [0.4, 0.5) is 10.5 Å². The molecule has 1 aliphatic heterocycles. The highest BCUT2D eigenvalue weighted by atomic mass is 79.9. The van der Waals surface area contributed by atoms with Crippen LogP contribution in [0.15, 0.2) is 89.4 Å². The molecule has 1 aliphatic rings. The molecule has 0 fully saturated rings. The molecule has 2 amide bonds. The van der Waals surface area contributed by atoms with Crippen molar-refractivity contribution in [2.24, 2.45) is 0 Å². The molecule has 1 atom stereocenters. The van der Waals surface area contributed by atoms with Gasteiger partial charge in [-0.1, -0.05) is 82.6 Å². The number of carbonyl (C=O) groups excluding carboxylic acids is 3. The van der Waals surface area contributed by atoms with E-state index >= 15 is 0 Å². The van der Waals surface area contributed by atoms with E-state index in [0.29, 0.717) is 33.0 Å². The van der Waals surface area contributed by atoms with Gasteiger partial charge in [-0.3, -0.25) is 4.79 Å². The smallest absolute Gasteiger partial charge is 0.422 e. The first-order chi connectivity index (χ1) is 18.9. The Bertz CT molecular complexity index is 1540. The van der Waals surface area contributed by atoms with Gasteiger partial charge in [0.2, 0.25) is 0 Å². The van der Waals surface area contributed by atoms with Crippen molar-refractivity contribution in [1.82, 2.24) is 0 Å². The number of rotatable bonds is 6. The van der Waals surface area contributed by atoms with Gasteiger partial charge in [0.05, 0.1) is 18.4 Å². The number of methoxy groups -OCH3 is 1. The molecule has 0 bridgehead atoms. The van der Waals surface area contributed by atoms with Crippen molar-refractivity contribution in [3.63, 3.8) is 0 Å². The molecule has 3 aromatic carbocycles. The fourth-order valence-corrected chi connectivity index (χ4v) is 5.44. The maximum absolute atomic E-state index is 14.1. The van der Waals surface area contributed by atoms with Crippen LogP contribution in [-0.4, -0.2) is 30.7 Å². The van der Waals surface area contributed by atoms with Crippen LogP contribution in [0.25, 0.3) is 11.1 Å². The van der Waals surface area contributed by atoms with Gasteiger partial charge >= 0.3 is 12.1 Å². The quantitative estimate of drug-likeness (QED) is 0.205. The molecule has 0 spiro atoms. The number of amides is 2. The van der Waals surface area contributed by atoms with Gasteiger partial charge in [-0.05, 0) is 68.2 Å². The minimum absolute atomic E-state index is 0.189. The van der Waals surface area contributed by atoms with Crippen LogP contribution < -0.4 is 4.90 Å². The third kappa shape index (κ3) is 6.06. The molecule has 3 aromatic rings. The van der Waals surface area contributed by atoms with Crippen molar-refractivity contribution in [1.29, 1.82) is 0 Å². The number of esters is 1. The van der Waals surface area contributed by atoms with Gasteiger partial charge in [0.15, 0.2) is 0 Å². The average Bonchev–Trinajstić information content (AvgIpc) is 3.20. The van der Waals surface area contributed by atoms with Crippen molar-refractivity contribution >= 4 is 62.3 Å². The number of imide groups is 1. The molecular weight excluding hydrogens is 594 g/mol. The van der Waals surface area contributed by atoms with E-state index in [9.17, 15) is 14.4 Å². The molecule has 6 nitrogen and oxygen atoms in total. The fourth-order valence-electron chi connectivity index (χ4n) is 4.69. The number of nitrogens with zero attached hydrogens (tertiary/aromatic N) is 1. The summed E-state index contributed by atoms with van der Waals surface area (Å²) in [5, 5.41) is 0.475. The van der Waals surface area contributed by atoms with E-state index in [1.165, 1.54) is 7.11 Å². The van der Waals surface area contributed by atoms with Gasteiger partial charge in [0.25, 0.3) is 5.91 Å². The zero-order chi connectivity index (χ0) is 29.2. The summed E-state index contributed by atoms with van der Waals surface area (Å²) in [5.41, 5.74) is 2.78. The first-order valence-electron chi connectivity index (χ1n) is 12.6. The summed E-state index contributed by atoms with van der Waals surface area (Å²) in [6.45, 7) is 9.29. The predicted octanol–water partition coefficient (Wildman–Crippen LogP) is 8.20. The molecule has 4 rings (SSSR count). The summed E-state index contributed by atoms with van der Waals surface area (Å²) >= 11 is 10.0. The third-order valence-electron chi connectivity index (χ3n) is 6.44. The van der Waals surface area contributed by atoms with E-state index in [-0.39, 0.29) is 12.0 Å². The van der Waals surface area contributed by atoms with Gasteiger partial charge in [0, 0.05) is 26.5 Å². The second-order valence-electron chi connectivity index (χ2n) is 10.3. The zero-order valence-corrected chi connectivity index (χ0v) is 25.0. The summed E-state index contributed by atoms with van der Waals surface area (Å²) < 4.78 is 11.4. The van der Waals surface area contributed by atoms with Crippen LogP contribution in [-0.2, 0) is 19.1 Å². The minimum Gasteiger partial charge on any atom is -0.466 e. The largest absolute Gasteiger partial charge is 0.466 e. The second kappa shape index (κ2) is 11.8. The van der Waals surface area contributed by atoms with Crippen LogP contribution in [0.5, 0.6) is 0 Å². The van der Waals surface area contributed by atoms with Crippen molar-refractivity contribution in [2.75, 3.05) is 12.0 Å². The molecule has 0 radical (unpaired) electrons. The predicted molar refractivity (Wildman–Crippen MR) is 161 cm³/mol. The molecule has 40 heavy (non-hydrogen) atoms. The lowest BCUT2D eigenvalue weighted by Gasteiger charge is -2.24. The number of benzene rings is 3. The van der Waals surface area contributed by atoms with Crippen molar-refractivity contribution in [2.45, 2.75) is 38.7 Å². The Hall–Kier alpha value is -3.68. The van der Waals surface area contributed by atoms with Gasteiger partial charge < -0.3 is 9.47 Å². The van der Waals surface area contributed by atoms with Gasteiger partial charge in [0.1, 0.15) is 5.60 Å². The Morgan fingerprint density at radius 3 is 2.35 bits per heavy atom. The normalized spacial score (nSPS) is 14.8. The standard InChI is InChI=1S/C32H29BrClNO5/c1-19(30(37)39-5)24(22-13-6-8-15-26(22)33)18-25(20-11-10-12-21(34)17-20)28-23-14-7-9-16-27(23)35(29(28)36)31(38)40-32(2,3)4/h6-17,24H,1,18H2,2-5H3/b28-25-. The van der Waals surface area contributed by atoms with Crippen LogP contribution in [0, 0.1) is 0 Å². The summed E-state index contributed by atoms with van der Waals surface area (Å²) in [7, 11) is 1.30. The Morgan fingerprint density at radius 1 is 1.02 bits per heavy atom. The lowest BCUT2D eigenvalue weighted by molar-refractivity contribution is -0.136. The highest BCUT2D eigenvalue weighted by molar-refractivity contribution is 9.10. The maximum Gasteiger partial charge on any atom is 0.422 e. The van der Waals surface area contributed by atoms with Crippen LogP contribution >= 0.6 is 27.5 Å². The number of fused-ring (bicyclic) bond motifs is 1. The van der Waals surface area contributed by atoms with Gasteiger partial charge in [-0.2, -0.15) is 0 Å². The summed E-state index contributed by atoms with van der Waals surface area (Å²) in [5.74, 6) is -1.66. The maximum atomic E-state index is 14.1. The van der Waals surface area contributed by atoms with E-state index < -0.39 is 29.5 Å². The average molecular weight is 623 g/mol. The number of halogens is 2. The number of allylic oxidation sites excluding steroid dienone is 1. The molecular formula is C32H29BrClNO5. The fraction of sp³-hybridized carbons (Fsp3) is 0.219. The Balaban J connectivity index is 1.98. The lowest BCUT2D eigenvalue weighted by atomic mass is 9.81. The zero-order valence-electron chi connectivity index (χ0n) is 22.7. The number of hydrogen-bond acceptors (Lipinski definition) is 5. The molecule has 1 unspecified atom stereocenters. The summed E-state index contributed by atoms with van der Waals surface area (Å²) in [4.78, 5) is 41.2. The van der Waals surface area contributed by atoms with Crippen LogP contribution in [0.1, 0.15) is 49.8 Å². The molecule has 0 aliphatic carbocycles. The Kier molecular flexibility index (Phi) is 8.66.